The van der Waals surface area contributed by atoms with Crippen molar-refractivity contribution in [3.63, 3.8) is 0 Å². The van der Waals surface area contributed by atoms with Crippen molar-refractivity contribution in [1.82, 2.24) is 10.2 Å². The van der Waals surface area contributed by atoms with E-state index in [4.69, 9.17) is 11.6 Å². The lowest BCUT2D eigenvalue weighted by molar-refractivity contribution is -0.118. The Labute approximate surface area is 130 Å². The number of anilines is 1. The number of thioether (sulfide) groups is 1. The van der Waals surface area contributed by atoms with Gasteiger partial charge in [-0.2, -0.15) is 0 Å². The highest BCUT2D eigenvalue weighted by molar-refractivity contribution is 8.00. The summed E-state index contributed by atoms with van der Waals surface area (Å²) in [5, 5.41) is 12.0. The van der Waals surface area contributed by atoms with Crippen molar-refractivity contribution in [3.05, 3.63) is 34.9 Å². The van der Waals surface area contributed by atoms with Gasteiger partial charge in [-0.15, -0.1) is 10.2 Å². The fraction of sp³-hybridized carbons (Fsp3) is 0.308. The van der Waals surface area contributed by atoms with Gasteiger partial charge in [-0.1, -0.05) is 60.7 Å². The summed E-state index contributed by atoms with van der Waals surface area (Å²) < 4.78 is 0.823. The maximum Gasteiger partial charge on any atom is 0.228 e. The number of hydrogen-bond acceptors (Lipinski definition) is 5. The molecule has 4 nitrogen and oxygen atoms in total. The first-order valence-corrected chi connectivity index (χ1v) is 8.24. The number of amides is 1. The van der Waals surface area contributed by atoms with Crippen molar-refractivity contribution in [2.75, 3.05) is 5.32 Å². The first-order chi connectivity index (χ1) is 9.54. The van der Waals surface area contributed by atoms with Crippen LogP contribution < -0.4 is 5.32 Å². The van der Waals surface area contributed by atoms with Crippen LogP contribution in [0.1, 0.15) is 19.4 Å². The minimum atomic E-state index is -0.0681. The van der Waals surface area contributed by atoms with E-state index in [9.17, 15) is 4.79 Å². The van der Waals surface area contributed by atoms with Gasteiger partial charge in [-0.3, -0.25) is 4.79 Å². The standard InChI is InChI=1S/C13H14ClN3OS2/c1-8(2)11(18)15-12-16-17-13(20-12)19-7-9-4-3-5-10(14)6-9/h3-6,8H,7H2,1-2H3,(H,15,16,18). The summed E-state index contributed by atoms with van der Waals surface area (Å²) in [6.07, 6.45) is 0. The van der Waals surface area contributed by atoms with E-state index in [-0.39, 0.29) is 11.8 Å². The molecule has 106 valence electrons. The van der Waals surface area contributed by atoms with E-state index in [1.807, 2.05) is 38.1 Å². The van der Waals surface area contributed by atoms with Crippen LogP contribution in [0, 0.1) is 5.92 Å². The first-order valence-electron chi connectivity index (χ1n) is 6.06. The number of halogens is 1. The SMILES string of the molecule is CC(C)C(=O)Nc1nnc(SCc2cccc(Cl)c2)s1. The van der Waals surface area contributed by atoms with E-state index in [1.165, 1.54) is 11.3 Å². The van der Waals surface area contributed by atoms with Crippen LogP contribution in [-0.4, -0.2) is 16.1 Å². The quantitative estimate of drug-likeness (QED) is 0.664. The molecule has 1 heterocycles. The molecule has 0 spiro atoms. The summed E-state index contributed by atoms with van der Waals surface area (Å²) in [7, 11) is 0. The van der Waals surface area contributed by atoms with Crippen LogP contribution in [0.2, 0.25) is 5.02 Å². The molecule has 20 heavy (non-hydrogen) atoms. The number of carbonyl (C=O) groups is 1. The molecule has 0 aliphatic rings. The van der Waals surface area contributed by atoms with E-state index in [0.29, 0.717) is 5.13 Å². The Morgan fingerprint density at radius 2 is 2.25 bits per heavy atom. The van der Waals surface area contributed by atoms with Gasteiger partial charge in [-0.25, -0.2) is 0 Å². The highest BCUT2D eigenvalue weighted by atomic mass is 35.5. The molecule has 2 aromatic rings. The second-order valence-corrected chi connectivity index (χ2v) is 7.07. The molecular weight excluding hydrogens is 314 g/mol. The van der Waals surface area contributed by atoms with Crippen LogP contribution in [-0.2, 0) is 10.5 Å². The highest BCUT2D eigenvalue weighted by Gasteiger charge is 2.11. The largest absolute Gasteiger partial charge is 0.300 e. The van der Waals surface area contributed by atoms with E-state index in [1.54, 1.807) is 11.8 Å². The maximum atomic E-state index is 11.5. The molecule has 0 bridgehead atoms. The van der Waals surface area contributed by atoms with E-state index >= 15 is 0 Å². The molecule has 0 saturated carbocycles. The molecule has 2 rings (SSSR count). The van der Waals surface area contributed by atoms with Gasteiger partial charge in [0.05, 0.1) is 0 Å². The summed E-state index contributed by atoms with van der Waals surface area (Å²) in [6, 6.07) is 7.71. The Hall–Kier alpha value is -1.11. The number of nitrogens with one attached hydrogen (secondary N) is 1. The van der Waals surface area contributed by atoms with Gasteiger partial charge in [0.1, 0.15) is 0 Å². The van der Waals surface area contributed by atoms with Crippen LogP contribution in [0.15, 0.2) is 28.6 Å². The number of hydrogen-bond donors (Lipinski definition) is 1. The fourth-order valence-electron chi connectivity index (χ4n) is 1.34. The lowest BCUT2D eigenvalue weighted by Crippen LogP contribution is -2.17. The van der Waals surface area contributed by atoms with Gasteiger partial charge < -0.3 is 5.32 Å². The summed E-state index contributed by atoms with van der Waals surface area (Å²) in [4.78, 5) is 11.5. The molecule has 1 N–H and O–H groups in total. The van der Waals surface area contributed by atoms with Gasteiger partial charge in [-0.05, 0) is 17.7 Å². The Kier molecular flexibility index (Phi) is 5.39. The molecule has 1 amide bonds. The molecule has 0 radical (unpaired) electrons. The third kappa shape index (κ3) is 4.47. The molecule has 1 aromatic heterocycles. The summed E-state index contributed by atoms with van der Waals surface area (Å²) in [6.45, 7) is 3.68. The van der Waals surface area contributed by atoms with Crippen LogP contribution in [0.25, 0.3) is 0 Å². The molecule has 0 fully saturated rings. The Bertz CT molecular complexity index is 601. The Morgan fingerprint density at radius 3 is 2.95 bits per heavy atom. The van der Waals surface area contributed by atoms with Gasteiger partial charge in [0.25, 0.3) is 0 Å². The van der Waals surface area contributed by atoms with Gasteiger partial charge in [0.2, 0.25) is 11.0 Å². The molecule has 7 heteroatoms. The zero-order chi connectivity index (χ0) is 14.5. The van der Waals surface area contributed by atoms with Crippen molar-refractivity contribution >= 4 is 45.7 Å². The smallest absolute Gasteiger partial charge is 0.228 e. The van der Waals surface area contributed by atoms with Crippen molar-refractivity contribution in [3.8, 4) is 0 Å². The summed E-state index contributed by atoms with van der Waals surface area (Å²) >= 11 is 8.89. The lowest BCUT2D eigenvalue weighted by atomic mass is 10.2. The maximum absolute atomic E-state index is 11.5. The average Bonchev–Trinajstić information content (AvgIpc) is 2.84. The van der Waals surface area contributed by atoms with E-state index < -0.39 is 0 Å². The Balaban J connectivity index is 1.91. The third-order valence-corrected chi connectivity index (χ3v) is 4.69. The normalized spacial score (nSPS) is 10.8. The number of benzene rings is 1. The number of aromatic nitrogens is 2. The van der Waals surface area contributed by atoms with Crippen molar-refractivity contribution in [1.29, 1.82) is 0 Å². The molecular formula is C13H14ClN3OS2. The monoisotopic (exact) mass is 327 g/mol. The van der Waals surface area contributed by atoms with Gasteiger partial charge >= 0.3 is 0 Å². The highest BCUT2D eigenvalue weighted by Crippen LogP contribution is 2.29. The summed E-state index contributed by atoms with van der Waals surface area (Å²) in [5.41, 5.74) is 1.13. The van der Waals surface area contributed by atoms with Crippen molar-refractivity contribution < 1.29 is 4.79 Å². The molecule has 0 unspecified atom stereocenters. The fourth-order valence-corrected chi connectivity index (χ4v) is 3.25. The number of nitrogens with zero attached hydrogens (tertiary/aromatic N) is 2. The lowest BCUT2D eigenvalue weighted by Gasteiger charge is -2.02. The predicted molar refractivity (Wildman–Crippen MR) is 84.4 cm³/mol. The third-order valence-electron chi connectivity index (χ3n) is 2.41. The van der Waals surface area contributed by atoms with E-state index in [0.717, 1.165) is 20.7 Å². The minimum absolute atomic E-state index is 0.0486. The molecule has 1 aromatic carbocycles. The van der Waals surface area contributed by atoms with Crippen LogP contribution in [0.5, 0.6) is 0 Å². The number of rotatable bonds is 5. The average molecular weight is 328 g/mol. The zero-order valence-electron chi connectivity index (χ0n) is 11.1. The predicted octanol–water partition coefficient (Wildman–Crippen LogP) is 4.08. The van der Waals surface area contributed by atoms with Crippen molar-refractivity contribution in [2.45, 2.75) is 23.9 Å². The second kappa shape index (κ2) is 7.06. The topological polar surface area (TPSA) is 54.9 Å². The molecule has 0 atom stereocenters. The van der Waals surface area contributed by atoms with Crippen LogP contribution >= 0.6 is 34.7 Å². The van der Waals surface area contributed by atoms with Gasteiger partial charge in [0, 0.05) is 16.7 Å². The first kappa shape index (κ1) is 15.3. The van der Waals surface area contributed by atoms with Crippen LogP contribution in [0.3, 0.4) is 0 Å². The molecule has 0 aliphatic carbocycles. The zero-order valence-corrected chi connectivity index (χ0v) is 13.5. The van der Waals surface area contributed by atoms with Crippen molar-refractivity contribution in [2.24, 2.45) is 5.92 Å². The van der Waals surface area contributed by atoms with Gasteiger partial charge in [0.15, 0.2) is 4.34 Å². The molecule has 0 saturated heterocycles. The molecule has 0 aliphatic heterocycles. The van der Waals surface area contributed by atoms with E-state index in [2.05, 4.69) is 15.5 Å². The summed E-state index contributed by atoms with van der Waals surface area (Å²) in [5.74, 6) is 0.654. The number of carbonyl (C=O) groups excluding carboxylic acids is 1. The Morgan fingerprint density at radius 1 is 1.45 bits per heavy atom. The van der Waals surface area contributed by atoms with Crippen LogP contribution in [0.4, 0.5) is 5.13 Å². The second-order valence-electron chi connectivity index (χ2n) is 4.44. The minimum Gasteiger partial charge on any atom is -0.300 e.